The van der Waals surface area contributed by atoms with E-state index < -0.39 is 0 Å². The van der Waals surface area contributed by atoms with Crippen LogP contribution in [0.1, 0.15) is 24.8 Å². The van der Waals surface area contributed by atoms with Crippen molar-refractivity contribution in [3.05, 3.63) is 54.4 Å². The Morgan fingerprint density at radius 3 is 2.70 bits per heavy atom. The first-order valence-corrected chi connectivity index (χ1v) is 7.81. The molecule has 0 unspecified atom stereocenters. The molecule has 1 fully saturated rings. The number of rotatable bonds is 5. The molecular formula is C18H19N3O2. The van der Waals surface area contributed by atoms with Gasteiger partial charge in [-0.3, -0.25) is 14.6 Å². The van der Waals surface area contributed by atoms with Crippen LogP contribution in [0.4, 0.5) is 11.4 Å². The van der Waals surface area contributed by atoms with E-state index in [2.05, 4.69) is 10.3 Å². The van der Waals surface area contributed by atoms with Crippen LogP contribution >= 0.6 is 0 Å². The Morgan fingerprint density at radius 1 is 1.22 bits per heavy atom. The second-order valence-electron chi connectivity index (χ2n) is 5.61. The van der Waals surface area contributed by atoms with E-state index in [-0.39, 0.29) is 11.8 Å². The molecule has 2 aromatic rings. The van der Waals surface area contributed by atoms with Crippen LogP contribution < -0.4 is 10.2 Å². The maximum atomic E-state index is 12.0. The van der Waals surface area contributed by atoms with Crippen molar-refractivity contribution in [3.8, 4) is 0 Å². The standard InChI is InChI=1S/C18H19N3O2/c22-17(10-5-14-3-1-11-19-13-14)20-15-6-8-16(9-7-15)21-12-2-4-18(21)23/h1,3,6-9,11,13H,2,4-5,10,12H2,(H,20,22). The van der Waals surface area contributed by atoms with E-state index in [1.54, 1.807) is 17.3 Å². The van der Waals surface area contributed by atoms with E-state index in [0.717, 1.165) is 29.9 Å². The normalized spacial score (nSPS) is 14.1. The van der Waals surface area contributed by atoms with Gasteiger partial charge in [-0.05, 0) is 48.7 Å². The summed E-state index contributed by atoms with van der Waals surface area (Å²) < 4.78 is 0. The first-order chi connectivity index (χ1) is 11.2. The van der Waals surface area contributed by atoms with E-state index in [9.17, 15) is 9.59 Å². The zero-order valence-corrected chi connectivity index (χ0v) is 12.9. The lowest BCUT2D eigenvalue weighted by Crippen LogP contribution is -2.23. The summed E-state index contributed by atoms with van der Waals surface area (Å²) in [7, 11) is 0. The molecule has 0 spiro atoms. The van der Waals surface area contributed by atoms with Gasteiger partial charge >= 0.3 is 0 Å². The Morgan fingerprint density at radius 2 is 2.04 bits per heavy atom. The van der Waals surface area contributed by atoms with Crippen LogP contribution in [0.25, 0.3) is 0 Å². The lowest BCUT2D eigenvalue weighted by Gasteiger charge is -2.16. The minimum absolute atomic E-state index is 0.0288. The second-order valence-corrected chi connectivity index (χ2v) is 5.61. The predicted octanol–water partition coefficient (Wildman–Crippen LogP) is 2.78. The van der Waals surface area contributed by atoms with Crippen LogP contribution in [0.3, 0.4) is 0 Å². The maximum Gasteiger partial charge on any atom is 0.227 e. The van der Waals surface area contributed by atoms with Crippen LogP contribution in [0.15, 0.2) is 48.8 Å². The minimum Gasteiger partial charge on any atom is -0.326 e. The fourth-order valence-corrected chi connectivity index (χ4v) is 2.67. The average molecular weight is 309 g/mol. The molecule has 3 rings (SSSR count). The third kappa shape index (κ3) is 3.94. The zero-order valence-electron chi connectivity index (χ0n) is 12.9. The molecule has 1 N–H and O–H groups in total. The van der Waals surface area contributed by atoms with Crippen molar-refractivity contribution in [2.24, 2.45) is 0 Å². The molecule has 1 aromatic carbocycles. The number of carbonyl (C=O) groups excluding carboxylic acids is 2. The lowest BCUT2D eigenvalue weighted by atomic mass is 10.1. The largest absolute Gasteiger partial charge is 0.326 e. The monoisotopic (exact) mass is 309 g/mol. The van der Waals surface area contributed by atoms with Gasteiger partial charge in [0.25, 0.3) is 0 Å². The Bertz CT molecular complexity index is 683. The van der Waals surface area contributed by atoms with Gasteiger partial charge in [0.2, 0.25) is 11.8 Å². The molecule has 5 heteroatoms. The first kappa shape index (κ1) is 15.2. The van der Waals surface area contributed by atoms with Crippen LogP contribution in [0.2, 0.25) is 0 Å². The summed E-state index contributed by atoms with van der Waals surface area (Å²) in [5, 5.41) is 2.88. The average Bonchev–Trinajstić information content (AvgIpc) is 3.01. The van der Waals surface area contributed by atoms with Gasteiger partial charge in [0.05, 0.1) is 0 Å². The third-order valence-corrected chi connectivity index (χ3v) is 3.90. The van der Waals surface area contributed by atoms with E-state index in [4.69, 9.17) is 0 Å². The van der Waals surface area contributed by atoms with Crippen molar-refractivity contribution < 1.29 is 9.59 Å². The summed E-state index contributed by atoms with van der Waals surface area (Å²) in [6.45, 7) is 0.773. The highest BCUT2D eigenvalue weighted by Crippen LogP contribution is 2.23. The number of benzene rings is 1. The van der Waals surface area contributed by atoms with Crippen molar-refractivity contribution in [1.29, 1.82) is 0 Å². The molecule has 5 nitrogen and oxygen atoms in total. The number of carbonyl (C=O) groups is 2. The Hall–Kier alpha value is -2.69. The van der Waals surface area contributed by atoms with Crippen LogP contribution in [-0.4, -0.2) is 23.3 Å². The molecule has 1 aliphatic heterocycles. The number of nitrogens with one attached hydrogen (secondary N) is 1. The Balaban J connectivity index is 1.53. The molecule has 1 aliphatic rings. The highest BCUT2D eigenvalue weighted by molar-refractivity contribution is 5.96. The Labute approximate surface area is 135 Å². The van der Waals surface area contributed by atoms with E-state index >= 15 is 0 Å². The highest BCUT2D eigenvalue weighted by atomic mass is 16.2. The molecule has 23 heavy (non-hydrogen) atoms. The summed E-state index contributed by atoms with van der Waals surface area (Å²) >= 11 is 0. The van der Waals surface area contributed by atoms with Gasteiger partial charge in [0, 0.05) is 43.2 Å². The Kier molecular flexibility index (Phi) is 4.66. The number of amides is 2. The van der Waals surface area contributed by atoms with Gasteiger partial charge in [-0.15, -0.1) is 0 Å². The molecule has 0 radical (unpaired) electrons. The number of aryl methyl sites for hydroxylation is 1. The second kappa shape index (κ2) is 7.05. The molecule has 0 saturated carbocycles. The summed E-state index contributed by atoms with van der Waals surface area (Å²) in [5.74, 6) is 0.136. The summed E-state index contributed by atoms with van der Waals surface area (Å²) in [6.07, 6.45) is 6.10. The van der Waals surface area contributed by atoms with E-state index in [1.165, 1.54) is 0 Å². The van der Waals surface area contributed by atoms with Crippen LogP contribution in [0, 0.1) is 0 Å². The zero-order chi connectivity index (χ0) is 16.1. The molecule has 0 bridgehead atoms. The molecule has 1 aromatic heterocycles. The van der Waals surface area contributed by atoms with Crippen LogP contribution in [0.5, 0.6) is 0 Å². The molecular weight excluding hydrogens is 290 g/mol. The molecule has 0 aliphatic carbocycles. The fraction of sp³-hybridized carbons (Fsp3) is 0.278. The van der Waals surface area contributed by atoms with Crippen molar-refractivity contribution in [3.63, 3.8) is 0 Å². The van der Waals surface area contributed by atoms with Crippen molar-refractivity contribution >= 4 is 23.2 Å². The van der Waals surface area contributed by atoms with Crippen molar-refractivity contribution in [2.75, 3.05) is 16.8 Å². The molecule has 2 amide bonds. The van der Waals surface area contributed by atoms with Gasteiger partial charge in [-0.25, -0.2) is 0 Å². The quantitative estimate of drug-likeness (QED) is 0.924. The van der Waals surface area contributed by atoms with Gasteiger partial charge < -0.3 is 10.2 Å². The van der Waals surface area contributed by atoms with Gasteiger partial charge in [-0.1, -0.05) is 6.07 Å². The van der Waals surface area contributed by atoms with E-state index in [1.807, 2.05) is 36.4 Å². The number of aromatic nitrogens is 1. The maximum absolute atomic E-state index is 12.0. The number of nitrogens with zero attached hydrogens (tertiary/aromatic N) is 2. The number of pyridine rings is 1. The topological polar surface area (TPSA) is 62.3 Å². The number of hydrogen-bond donors (Lipinski definition) is 1. The summed E-state index contributed by atoms with van der Waals surface area (Å²) in [6, 6.07) is 11.2. The smallest absolute Gasteiger partial charge is 0.227 e. The van der Waals surface area contributed by atoms with Gasteiger partial charge in [0.1, 0.15) is 0 Å². The van der Waals surface area contributed by atoms with Crippen LogP contribution in [-0.2, 0) is 16.0 Å². The number of hydrogen-bond acceptors (Lipinski definition) is 3. The molecule has 1 saturated heterocycles. The predicted molar refractivity (Wildman–Crippen MR) is 89.2 cm³/mol. The fourth-order valence-electron chi connectivity index (χ4n) is 2.67. The molecule has 2 heterocycles. The van der Waals surface area contributed by atoms with Crippen molar-refractivity contribution in [1.82, 2.24) is 4.98 Å². The lowest BCUT2D eigenvalue weighted by molar-refractivity contribution is -0.117. The number of anilines is 2. The molecule has 0 atom stereocenters. The SMILES string of the molecule is O=C(CCc1cccnc1)Nc1ccc(N2CCCC2=O)cc1. The van der Waals surface area contributed by atoms with Gasteiger partial charge in [-0.2, -0.15) is 0 Å². The summed E-state index contributed by atoms with van der Waals surface area (Å²) in [5.41, 5.74) is 2.68. The minimum atomic E-state index is -0.0288. The molecule has 118 valence electrons. The van der Waals surface area contributed by atoms with Crippen molar-refractivity contribution in [2.45, 2.75) is 25.7 Å². The van der Waals surface area contributed by atoms with E-state index in [0.29, 0.717) is 19.3 Å². The van der Waals surface area contributed by atoms with Gasteiger partial charge in [0.15, 0.2) is 0 Å². The highest BCUT2D eigenvalue weighted by Gasteiger charge is 2.21. The summed E-state index contributed by atoms with van der Waals surface area (Å²) in [4.78, 5) is 29.5. The first-order valence-electron chi connectivity index (χ1n) is 7.81. The third-order valence-electron chi connectivity index (χ3n) is 3.90.